The maximum atomic E-state index is 13.7. The number of halogens is 2. The van der Waals surface area contributed by atoms with Gasteiger partial charge in [0.25, 0.3) is 0 Å². The van der Waals surface area contributed by atoms with Crippen molar-refractivity contribution in [1.29, 1.82) is 0 Å². The molecule has 1 saturated heterocycles. The summed E-state index contributed by atoms with van der Waals surface area (Å²) >= 11 is 0. The monoisotopic (exact) mass is 269 g/mol. The van der Waals surface area contributed by atoms with Gasteiger partial charge in [-0.1, -0.05) is 6.92 Å². The molecule has 2 nitrogen and oxygen atoms in total. The minimum Gasteiger partial charge on any atom is -0.377 e. The normalized spacial score (nSPS) is 21.3. The lowest BCUT2D eigenvalue weighted by Crippen LogP contribution is -2.44. The summed E-state index contributed by atoms with van der Waals surface area (Å²) in [5, 5.41) is 3.33. The molecule has 0 saturated carbocycles. The first-order valence-corrected chi connectivity index (χ1v) is 6.99. The molecule has 2 rings (SSSR count). The van der Waals surface area contributed by atoms with Crippen LogP contribution in [0.25, 0.3) is 0 Å². The Morgan fingerprint density at radius 1 is 1.37 bits per heavy atom. The lowest BCUT2D eigenvalue weighted by molar-refractivity contribution is -0.00724. The standard InChI is InChI=1S/C15H21F2NO/c1-2-18-14(15-5-3-4-8-19-15)10-11-9-12(16)6-7-13(11)17/h6-7,9,14-15,18H,2-5,8,10H2,1H3. The number of ether oxygens (including phenoxy) is 1. The van der Waals surface area contributed by atoms with Crippen LogP contribution in [0.2, 0.25) is 0 Å². The zero-order valence-electron chi connectivity index (χ0n) is 11.3. The molecule has 0 bridgehead atoms. The van der Waals surface area contributed by atoms with Gasteiger partial charge in [-0.05, 0) is 56.0 Å². The van der Waals surface area contributed by atoms with Crippen LogP contribution in [-0.2, 0) is 11.2 Å². The number of hydrogen-bond acceptors (Lipinski definition) is 2. The van der Waals surface area contributed by atoms with E-state index in [1.165, 1.54) is 12.1 Å². The van der Waals surface area contributed by atoms with Crippen molar-refractivity contribution in [3.8, 4) is 0 Å². The van der Waals surface area contributed by atoms with Crippen LogP contribution in [0.4, 0.5) is 8.78 Å². The highest BCUT2D eigenvalue weighted by molar-refractivity contribution is 5.20. The molecule has 2 atom stereocenters. The molecule has 1 fully saturated rings. The lowest BCUT2D eigenvalue weighted by atomic mass is 9.95. The van der Waals surface area contributed by atoms with Gasteiger partial charge < -0.3 is 10.1 Å². The van der Waals surface area contributed by atoms with Crippen LogP contribution in [0.15, 0.2) is 18.2 Å². The second kappa shape index (κ2) is 6.96. The van der Waals surface area contributed by atoms with Gasteiger partial charge in [0.1, 0.15) is 11.6 Å². The molecular formula is C15H21F2NO. The highest BCUT2D eigenvalue weighted by Crippen LogP contribution is 2.20. The Hall–Kier alpha value is -1.00. The van der Waals surface area contributed by atoms with E-state index in [0.29, 0.717) is 12.0 Å². The van der Waals surface area contributed by atoms with Gasteiger partial charge in [0, 0.05) is 12.6 Å². The molecule has 1 heterocycles. The van der Waals surface area contributed by atoms with E-state index in [-0.39, 0.29) is 18.0 Å². The summed E-state index contributed by atoms with van der Waals surface area (Å²) in [6.45, 7) is 3.57. The van der Waals surface area contributed by atoms with Crippen molar-refractivity contribution >= 4 is 0 Å². The first kappa shape index (κ1) is 14.4. The summed E-state index contributed by atoms with van der Waals surface area (Å²) in [5.41, 5.74) is 0.417. The Bertz CT molecular complexity index is 405. The van der Waals surface area contributed by atoms with Crippen molar-refractivity contribution < 1.29 is 13.5 Å². The van der Waals surface area contributed by atoms with Crippen LogP contribution in [0.5, 0.6) is 0 Å². The minimum absolute atomic E-state index is 0.0431. The predicted molar refractivity (Wildman–Crippen MR) is 71.1 cm³/mol. The minimum atomic E-state index is -0.392. The van der Waals surface area contributed by atoms with Gasteiger partial charge in [-0.2, -0.15) is 0 Å². The predicted octanol–water partition coefficient (Wildman–Crippen LogP) is 3.05. The van der Waals surface area contributed by atoms with Gasteiger partial charge in [-0.3, -0.25) is 0 Å². The second-order valence-corrected chi connectivity index (χ2v) is 5.01. The van der Waals surface area contributed by atoms with Gasteiger partial charge in [-0.15, -0.1) is 0 Å². The highest BCUT2D eigenvalue weighted by Gasteiger charge is 2.25. The third kappa shape index (κ3) is 3.98. The molecule has 0 spiro atoms. The van der Waals surface area contributed by atoms with Gasteiger partial charge in [0.2, 0.25) is 0 Å². The Morgan fingerprint density at radius 3 is 2.89 bits per heavy atom. The molecule has 19 heavy (non-hydrogen) atoms. The molecule has 0 aliphatic carbocycles. The SMILES string of the molecule is CCNC(Cc1cc(F)ccc1F)C1CCCCO1. The van der Waals surface area contributed by atoms with Crippen molar-refractivity contribution in [3.63, 3.8) is 0 Å². The van der Waals surface area contributed by atoms with Crippen molar-refractivity contribution in [2.24, 2.45) is 0 Å². The number of hydrogen-bond donors (Lipinski definition) is 1. The fourth-order valence-electron chi connectivity index (χ4n) is 2.62. The average Bonchev–Trinajstić information content (AvgIpc) is 2.43. The molecule has 1 aliphatic rings. The number of likely N-dealkylation sites (N-methyl/N-ethyl adjacent to an activating group) is 1. The molecule has 1 aromatic rings. The Morgan fingerprint density at radius 2 is 2.21 bits per heavy atom. The van der Waals surface area contributed by atoms with E-state index in [1.807, 2.05) is 6.92 Å². The van der Waals surface area contributed by atoms with E-state index >= 15 is 0 Å². The average molecular weight is 269 g/mol. The van der Waals surface area contributed by atoms with Crippen LogP contribution >= 0.6 is 0 Å². The van der Waals surface area contributed by atoms with Crippen molar-refractivity contribution in [2.45, 2.75) is 44.8 Å². The van der Waals surface area contributed by atoms with E-state index in [4.69, 9.17) is 4.74 Å². The van der Waals surface area contributed by atoms with Gasteiger partial charge in [-0.25, -0.2) is 8.78 Å². The third-order valence-electron chi connectivity index (χ3n) is 3.58. The van der Waals surface area contributed by atoms with Gasteiger partial charge >= 0.3 is 0 Å². The summed E-state index contributed by atoms with van der Waals surface area (Å²) in [6, 6.07) is 3.66. The Balaban J connectivity index is 2.08. The summed E-state index contributed by atoms with van der Waals surface area (Å²) < 4.78 is 32.7. The lowest BCUT2D eigenvalue weighted by Gasteiger charge is -2.31. The molecule has 0 radical (unpaired) electrons. The van der Waals surface area contributed by atoms with E-state index in [2.05, 4.69) is 5.32 Å². The molecule has 0 aromatic heterocycles. The summed E-state index contributed by atoms with van der Waals surface area (Å²) in [5.74, 6) is -0.740. The van der Waals surface area contributed by atoms with Crippen molar-refractivity contribution in [2.75, 3.05) is 13.2 Å². The number of rotatable bonds is 5. The smallest absolute Gasteiger partial charge is 0.126 e. The van der Waals surface area contributed by atoms with E-state index in [1.54, 1.807) is 0 Å². The summed E-state index contributed by atoms with van der Waals surface area (Å²) in [4.78, 5) is 0. The Labute approximate surface area is 113 Å². The first-order valence-electron chi connectivity index (χ1n) is 6.99. The van der Waals surface area contributed by atoms with Crippen molar-refractivity contribution in [3.05, 3.63) is 35.4 Å². The quantitative estimate of drug-likeness (QED) is 0.887. The number of nitrogens with one attached hydrogen (secondary N) is 1. The zero-order chi connectivity index (χ0) is 13.7. The fraction of sp³-hybridized carbons (Fsp3) is 0.600. The fourth-order valence-corrected chi connectivity index (χ4v) is 2.62. The maximum Gasteiger partial charge on any atom is 0.126 e. The van der Waals surface area contributed by atoms with Crippen LogP contribution in [0.1, 0.15) is 31.7 Å². The van der Waals surface area contributed by atoms with Crippen LogP contribution < -0.4 is 5.32 Å². The summed E-state index contributed by atoms with van der Waals surface area (Å²) in [7, 11) is 0. The summed E-state index contributed by atoms with van der Waals surface area (Å²) in [6.07, 6.45) is 3.76. The van der Waals surface area contributed by atoms with Crippen molar-refractivity contribution in [1.82, 2.24) is 5.32 Å². The van der Waals surface area contributed by atoms with Crippen LogP contribution in [0.3, 0.4) is 0 Å². The molecule has 4 heteroatoms. The number of benzene rings is 1. The second-order valence-electron chi connectivity index (χ2n) is 5.01. The molecular weight excluding hydrogens is 248 g/mol. The van der Waals surface area contributed by atoms with E-state index in [9.17, 15) is 8.78 Å². The zero-order valence-corrected chi connectivity index (χ0v) is 11.3. The molecule has 1 aromatic carbocycles. The van der Waals surface area contributed by atoms with Gasteiger partial charge in [0.05, 0.1) is 6.10 Å². The largest absolute Gasteiger partial charge is 0.377 e. The van der Waals surface area contributed by atoms with Crippen LogP contribution in [0, 0.1) is 11.6 Å². The maximum absolute atomic E-state index is 13.7. The highest BCUT2D eigenvalue weighted by atomic mass is 19.1. The van der Waals surface area contributed by atoms with E-state index < -0.39 is 5.82 Å². The molecule has 1 N–H and O–H groups in total. The third-order valence-corrected chi connectivity index (χ3v) is 3.58. The van der Waals surface area contributed by atoms with Gasteiger partial charge in [0.15, 0.2) is 0 Å². The molecule has 106 valence electrons. The molecule has 2 unspecified atom stereocenters. The first-order chi connectivity index (χ1) is 9.20. The Kier molecular flexibility index (Phi) is 5.28. The van der Waals surface area contributed by atoms with Crippen LogP contribution in [-0.4, -0.2) is 25.3 Å². The van der Waals surface area contributed by atoms with E-state index in [0.717, 1.165) is 38.5 Å². The molecule has 0 amide bonds. The molecule has 1 aliphatic heterocycles. The topological polar surface area (TPSA) is 21.3 Å².